The lowest BCUT2D eigenvalue weighted by atomic mass is 9.84. The molecule has 15 nitrogen and oxygen atoms in total. The Morgan fingerprint density at radius 1 is 1.06 bits per heavy atom. The van der Waals surface area contributed by atoms with Crippen molar-refractivity contribution in [3.63, 3.8) is 0 Å². The number of aromatic nitrogens is 2. The van der Waals surface area contributed by atoms with Crippen LogP contribution >= 0.6 is 0 Å². The average Bonchev–Trinajstić information content (AvgIpc) is 3.54. The van der Waals surface area contributed by atoms with Crippen LogP contribution in [0.25, 0.3) is 33.3 Å². The molecule has 0 aliphatic carbocycles. The van der Waals surface area contributed by atoms with Gasteiger partial charge in [0.1, 0.15) is 36.0 Å². The summed E-state index contributed by atoms with van der Waals surface area (Å²) in [7, 11) is 2.94. The fourth-order valence-electron chi connectivity index (χ4n) is 9.01. The number of nitrogens with zero attached hydrogens (tertiary/aromatic N) is 5. The number of nitrogens with one attached hydrogen (secondary N) is 2. The smallest absolute Gasteiger partial charge is 0.410 e. The zero-order valence-electron chi connectivity index (χ0n) is 39.9. The van der Waals surface area contributed by atoms with Gasteiger partial charge in [-0.15, -0.1) is 0 Å². The number of hydrogen-bond donors (Lipinski definition) is 3. The minimum absolute atomic E-state index is 0.0148. The molecular formula is C50H67N7O8. The van der Waals surface area contributed by atoms with E-state index in [-0.39, 0.29) is 31.9 Å². The molecule has 4 heterocycles. The maximum atomic E-state index is 14.7. The second-order valence-electron chi connectivity index (χ2n) is 19.6. The molecule has 6 rings (SSSR count). The minimum Gasteiger partial charge on any atom is -0.508 e. The minimum atomic E-state index is -1.19. The monoisotopic (exact) mass is 894 g/mol. The molecular weight excluding hydrogens is 827 g/mol. The Kier molecular flexibility index (Phi) is 14.7. The predicted octanol–water partition coefficient (Wildman–Crippen LogP) is 6.66. The van der Waals surface area contributed by atoms with Gasteiger partial charge in [-0.05, 0) is 117 Å². The first-order chi connectivity index (χ1) is 30.6. The number of benzene rings is 2. The van der Waals surface area contributed by atoms with E-state index < -0.39 is 64.8 Å². The Balaban J connectivity index is 1.42. The van der Waals surface area contributed by atoms with Crippen LogP contribution in [0.3, 0.4) is 0 Å². The third kappa shape index (κ3) is 11.1. The third-order valence-corrected chi connectivity index (χ3v) is 12.2. The number of phenols is 1. The topological polar surface area (TPSA) is 176 Å². The van der Waals surface area contributed by atoms with Crippen LogP contribution in [0.2, 0.25) is 0 Å². The summed E-state index contributed by atoms with van der Waals surface area (Å²) >= 11 is 0. The van der Waals surface area contributed by atoms with Crippen LogP contribution in [0.15, 0.2) is 54.9 Å². The number of hydrogen-bond acceptors (Lipinski definition) is 10. The van der Waals surface area contributed by atoms with E-state index in [0.29, 0.717) is 31.4 Å². The number of pyridine rings is 1. The highest BCUT2D eigenvalue weighted by molar-refractivity contribution is 5.96. The fourth-order valence-corrected chi connectivity index (χ4v) is 9.01. The number of esters is 1. The van der Waals surface area contributed by atoms with Crippen molar-refractivity contribution in [3.8, 4) is 28.1 Å². The molecule has 3 atom stereocenters. The van der Waals surface area contributed by atoms with Crippen molar-refractivity contribution in [1.82, 2.24) is 35.1 Å². The van der Waals surface area contributed by atoms with Crippen molar-refractivity contribution in [2.24, 2.45) is 11.3 Å². The summed E-state index contributed by atoms with van der Waals surface area (Å²) in [6.07, 6.45) is 5.37. The first-order valence-electron chi connectivity index (χ1n) is 22.8. The maximum absolute atomic E-state index is 14.7. The van der Waals surface area contributed by atoms with Crippen LogP contribution in [0.1, 0.15) is 91.8 Å². The second kappa shape index (κ2) is 19.6. The number of likely N-dealkylation sites (N-methyl/N-ethyl adjacent to an activating group) is 2. The van der Waals surface area contributed by atoms with Crippen molar-refractivity contribution < 1.29 is 38.6 Å². The van der Waals surface area contributed by atoms with E-state index in [0.717, 1.165) is 50.2 Å². The standard InChI is InChI=1S/C50H67N7O8/c1-12-32-18-19-51-27-38(32)44-37-26-50(8,9)29-64-47(62)39-15-14-20-57(53-39)46(61)40(23-31-21-34(24-35(58)22-31)33-16-17-41(36(37)25-33)56(44)13-2)52-45(60)43(30(3)4)55(11)42(59)28-54(10)48(63)65-49(5,6)7/h16-19,21-22,24-25,27,30,39-40,43,53,58H,12-15,20,23,26,28-29H2,1-11H3,(H,52,60)/t39-,40-,43-/m0/s1. The van der Waals surface area contributed by atoms with Gasteiger partial charge in [0.05, 0.1) is 12.3 Å². The lowest BCUT2D eigenvalue weighted by Crippen LogP contribution is -2.62. The average molecular weight is 894 g/mol. The Labute approximate surface area is 382 Å². The lowest BCUT2D eigenvalue weighted by Gasteiger charge is -2.37. The summed E-state index contributed by atoms with van der Waals surface area (Å²) in [5.41, 5.74) is 9.38. The number of carbonyl (C=O) groups is 5. The molecule has 3 N–H and O–H groups in total. The molecule has 1 fully saturated rings. The van der Waals surface area contributed by atoms with Gasteiger partial charge < -0.3 is 34.3 Å². The van der Waals surface area contributed by atoms with Crippen LogP contribution < -0.4 is 10.7 Å². The summed E-state index contributed by atoms with van der Waals surface area (Å²) in [5.74, 6) is -2.48. The number of fused-ring (bicyclic) bond motifs is 6. The summed E-state index contributed by atoms with van der Waals surface area (Å²) in [6.45, 7) is 17.9. The molecule has 15 heteroatoms. The van der Waals surface area contributed by atoms with Crippen LogP contribution in [-0.2, 0) is 54.5 Å². The van der Waals surface area contributed by atoms with Crippen molar-refractivity contribution >= 4 is 40.7 Å². The molecule has 4 aromatic rings. The van der Waals surface area contributed by atoms with Gasteiger partial charge in [0, 0.05) is 67.9 Å². The number of cyclic esters (lactones) is 1. The number of rotatable bonds is 9. The molecule has 350 valence electrons. The van der Waals surface area contributed by atoms with E-state index in [1.54, 1.807) is 46.8 Å². The third-order valence-electron chi connectivity index (χ3n) is 12.2. The lowest BCUT2D eigenvalue weighted by molar-refractivity contribution is -0.155. The maximum Gasteiger partial charge on any atom is 0.410 e. The number of carbonyl (C=O) groups excluding carboxylic acids is 5. The molecule has 0 saturated carbocycles. The molecule has 1 saturated heterocycles. The SMILES string of the molecule is CCc1ccncc1-c1c2c3cc(ccc3n1CC)-c1cc(O)cc(c1)C[C@H](NC(=O)[C@H](C(C)C)N(C)C(=O)CN(C)C(=O)OC(C)(C)C)C(=O)N1CCC[C@H](N1)C(=O)OCC(C)(C)C2. The molecule has 0 spiro atoms. The van der Waals surface area contributed by atoms with E-state index in [1.165, 1.54) is 29.6 Å². The number of phenolic OH excluding ortho intramolecular Hbond substituents is 1. The highest BCUT2D eigenvalue weighted by atomic mass is 16.6. The van der Waals surface area contributed by atoms with Crippen molar-refractivity contribution in [2.75, 3.05) is 33.8 Å². The highest BCUT2D eigenvalue weighted by Crippen LogP contribution is 2.41. The largest absolute Gasteiger partial charge is 0.508 e. The quantitative estimate of drug-likeness (QED) is 0.154. The van der Waals surface area contributed by atoms with E-state index in [2.05, 4.69) is 66.2 Å². The molecule has 2 aliphatic heterocycles. The zero-order chi connectivity index (χ0) is 47.5. The van der Waals surface area contributed by atoms with E-state index in [9.17, 15) is 29.1 Å². The molecule has 2 aromatic heterocycles. The van der Waals surface area contributed by atoms with Crippen LogP contribution in [-0.4, -0.2) is 117 Å². The molecule has 2 aromatic carbocycles. The molecule has 65 heavy (non-hydrogen) atoms. The van der Waals surface area contributed by atoms with Crippen molar-refractivity contribution in [1.29, 1.82) is 0 Å². The predicted molar refractivity (Wildman–Crippen MR) is 250 cm³/mol. The Morgan fingerprint density at radius 3 is 2.48 bits per heavy atom. The van der Waals surface area contributed by atoms with Gasteiger partial charge in [0.15, 0.2) is 0 Å². The van der Waals surface area contributed by atoms with E-state index in [1.807, 2.05) is 24.5 Å². The Morgan fingerprint density at radius 2 is 1.80 bits per heavy atom. The highest BCUT2D eigenvalue weighted by Gasteiger charge is 2.38. The number of aryl methyl sites for hydroxylation is 2. The van der Waals surface area contributed by atoms with Crippen molar-refractivity contribution in [2.45, 2.75) is 125 Å². The van der Waals surface area contributed by atoms with Gasteiger partial charge in [0.2, 0.25) is 11.8 Å². The first-order valence-corrected chi connectivity index (χ1v) is 22.8. The second-order valence-corrected chi connectivity index (χ2v) is 19.6. The van der Waals surface area contributed by atoms with Gasteiger partial charge in [-0.1, -0.05) is 46.8 Å². The number of aromatic hydroxyl groups is 1. The van der Waals surface area contributed by atoms with Crippen LogP contribution in [0.4, 0.5) is 4.79 Å². The summed E-state index contributed by atoms with van der Waals surface area (Å²) in [4.78, 5) is 76.3. The number of hydrazine groups is 1. The zero-order valence-corrected chi connectivity index (χ0v) is 39.9. The van der Waals surface area contributed by atoms with Gasteiger partial charge in [-0.2, -0.15) is 0 Å². The summed E-state index contributed by atoms with van der Waals surface area (Å²) in [5, 5.41) is 16.6. The van der Waals surface area contributed by atoms with Gasteiger partial charge >= 0.3 is 12.1 Å². The van der Waals surface area contributed by atoms with Gasteiger partial charge in [-0.25, -0.2) is 10.2 Å². The Bertz CT molecular complexity index is 2440. The summed E-state index contributed by atoms with van der Waals surface area (Å²) < 4.78 is 13.8. The van der Waals surface area contributed by atoms with Gasteiger partial charge in [-0.3, -0.25) is 29.2 Å². The summed E-state index contributed by atoms with van der Waals surface area (Å²) in [6, 6.07) is 10.5. The van der Waals surface area contributed by atoms with Crippen LogP contribution in [0, 0.1) is 11.3 Å². The van der Waals surface area contributed by atoms with E-state index in [4.69, 9.17) is 9.47 Å². The first kappa shape index (κ1) is 48.5. The molecule has 0 unspecified atom stereocenters. The number of ether oxygens (including phenoxy) is 2. The molecule has 6 bridgehead atoms. The van der Waals surface area contributed by atoms with Gasteiger partial charge in [0.25, 0.3) is 5.91 Å². The van der Waals surface area contributed by atoms with Crippen molar-refractivity contribution in [3.05, 3.63) is 71.5 Å². The number of amides is 4. The Hall–Kier alpha value is -5.96. The van der Waals surface area contributed by atoms with Crippen LogP contribution in [0.5, 0.6) is 5.75 Å². The molecule has 4 amide bonds. The normalized spacial score (nSPS) is 18.4. The fraction of sp³-hybridized carbons (Fsp3) is 0.520. The molecule has 2 aliphatic rings. The van der Waals surface area contributed by atoms with E-state index >= 15 is 0 Å². The molecule has 0 radical (unpaired) electrons.